The first-order valence-corrected chi connectivity index (χ1v) is 16.1. The molecule has 0 radical (unpaired) electrons. The maximum absolute atomic E-state index is 13.6. The number of carbonyl (C=O) groups excluding carboxylic acids is 2. The van der Waals surface area contributed by atoms with Crippen LogP contribution < -0.4 is 10.2 Å². The van der Waals surface area contributed by atoms with Crippen LogP contribution in [0.1, 0.15) is 71.6 Å². The summed E-state index contributed by atoms with van der Waals surface area (Å²) >= 11 is 6.57. The monoisotopic (exact) mass is 654 g/mol. The number of aliphatic imine (C=N–C) groups is 1. The minimum Gasteiger partial charge on any atom is -0.344 e. The normalized spacial score (nSPS) is 20.4. The number of carbonyl (C=O) groups is 2. The zero-order chi connectivity index (χ0) is 33.1. The molecule has 3 heterocycles. The number of hydrogen-bond acceptors (Lipinski definition) is 6. The zero-order valence-electron chi connectivity index (χ0n) is 26.4. The second-order valence-electron chi connectivity index (χ2n) is 13.1. The van der Waals surface area contributed by atoms with Gasteiger partial charge < -0.3 is 10.2 Å². The second kappa shape index (κ2) is 11.7. The molecule has 0 spiro atoms. The topological polar surface area (TPSA) is 65.0 Å². The van der Waals surface area contributed by atoms with Crippen molar-refractivity contribution < 1.29 is 22.8 Å². The van der Waals surface area contributed by atoms with Gasteiger partial charge in [-0.1, -0.05) is 65.5 Å². The molecule has 1 N–H and O–H groups in total. The number of thiocarbonyl (C=S) groups is 1. The van der Waals surface area contributed by atoms with E-state index in [9.17, 15) is 22.8 Å². The van der Waals surface area contributed by atoms with Crippen LogP contribution in [0.4, 0.5) is 30.2 Å². The van der Waals surface area contributed by atoms with Gasteiger partial charge in [-0.25, -0.2) is 0 Å². The number of hydrogen-bond donors (Lipinski definition) is 1. The van der Waals surface area contributed by atoms with Crippen LogP contribution in [0.5, 0.6) is 0 Å². The van der Waals surface area contributed by atoms with Crippen molar-refractivity contribution in [3.63, 3.8) is 0 Å². The Labute approximate surface area is 271 Å². The highest BCUT2D eigenvalue weighted by molar-refractivity contribution is 8.26. The summed E-state index contributed by atoms with van der Waals surface area (Å²) in [5.41, 5.74) is 3.94. The van der Waals surface area contributed by atoms with Crippen molar-refractivity contribution in [1.29, 1.82) is 0 Å². The summed E-state index contributed by atoms with van der Waals surface area (Å²) < 4.78 is 41.1. The Balaban J connectivity index is 1.36. The number of benzene rings is 2. The Bertz CT molecular complexity index is 1690. The molecule has 0 aromatic heterocycles. The number of allylic oxidation sites excluding steroid dienone is 3. The van der Waals surface area contributed by atoms with Gasteiger partial charge in [0.1, 0.15) is 10.9 Å². The van der Waals surface area contributed by atoms with E-state index in [0.717, 1.165) is 52.6 Å². The summed E-state index contributed by atoms with van der Waals surface area (Å²) in [5, 5.41) is 2.88. The number of nitrogens with one attached hydrogen (secondary N) is 1. The van der Waals surface area contributed by atoms with Crippen molar-refractivity contribution in [2.24, 2.45) is 10.9 Å². The number of halogens is 3. The van der Waals surface area contributed by atoms with Crippen LogP contribution in [0.2, 0.25) is 0 Å². The van der Waals surface area contributed by atoms with Crippen LogP contribution in [-0.4, -0.2) is 39.8 Å². The fourth-order valence-corrected chi connectivity index (χ4v) is 7.05. The Hall–Kier alpha value is -3.44. The van der Waals surface area contributed by atoms with E-state index in [1.165, 1.54) is 17.0 Å². The third-order valence-electron chi connectivity index (χ3n) is 8.86. The third kappa shape index (κ3) is 6.21. The predicted octanol–water partition coefficient (Wildman–Crippen LogP) is 8.50. The van der Waals surface area contributed by atoms with Gasteiger partial charge in [0.05, 0.1) is 16.2 Å². The first-order valence-electron chi connectivity index (χ1n) is 14.9. The fourth-order valence-electron chi connectivity index (χ4n) is 5.86. The number of anilines is 2. The molecular formula is C34H37F3N4O2S2. The van der Waals surface area contributed by atoms with Crippen LogP contribution in [-0.2, 0) is 26.6 Å². The van der Waals surface area contributed by atoms with E-state index < -0.39 is 23.1 Å². The summed E-state index contributed by atoms with van der Waals surface area (Å²) in [6, 6.07) is 9.45. The molecule has 2 aromatic rings. The van der Waals surface area contributed by atoms with E-state index in [-0.39, 0.29) is 22.2 Å². The average Bonchev–Trinajstić information content (AvgIpc) is 3.43. The minimum atomic E-state index is -4.45. The van der Waals surface area contributed by atoms with Crippen molar-refractivity contribution in [2.75, 3.05) is 23.3 Å². The highest BCUT2D eigenvalue weighted by Crippen LogP contribution is 2.50. The lowest BCUT2D eigenvalue weighted by Gasteiger charge is -2.27. The summed E-state index contributed by atoms with van der Waals surface area (Å²) in [5.74, 6) is -0.388. The third-order valence-corrected chi connectivity index (χ3v) is 10.3. The Morgan fingerprint density at radius 2 is 1.76 bits per heavy atom. The molecule has 3 aliphatic heterocycles. The fraction of sp³-hybridized carbons (Fsp3) is 0.412. The molecule has 11 heteroatoms. The van der Waals surface area contributed by atoms with Gasteiger partial charge in [0.15, 0.2) is 0 Å². The smallest absolute Gasteiger partial charge is 0.344 e. The van der Waals surface area contributed by atoms with Crippen LogP contribution in [0.25, 0.3) is 0 Å². The molecule has 2 aromatic carbocycles. The first kappa shape index (κ1) is 32.9. The standard InChI is InChI=1S/C34H37F3N4O2S2/c1-19(2)14-15-40-26-11-8-21(34(35,36)37)16-24(26)33(6,7)28(40)13-12-27-30(43)41(31(44)45-27)18-29(42)39-22-9-10-25-23(17-22)32(4,5)20(3)38-25/h8-13,16-17,19H,14-15,18H2,1-7H3,(H,39,42)/b27-12+,28-13-. The number of fused-ring (bicyclic) bond motifs is 2. The summed E-state index contributed by atoms with van der Waals surface area (Å²) in [6.45, 7) is 14.5. The van der Waals surface area contributed by atoms with Crippen molar-refractivity contribution in [3.05, 3.63) is 75.8 Å². The van der Waals surface area contributed by atoms with Crippen LogP contribution >= 0.6 is 24.0 Å². The van der Waals surface area contributed by atoms with E-state index in [4.69, 9.17) is 12.2 Å². The lowest BCUT2D eigenvalue weighted by atomic mass is 9.82. The van der Waals surface area contributed by atoms with Crippen molar-refractivity contribution in [3.8, 4) is 0 Å². The summed E-state index contributed by atoms with van der Waals surface area (Å²) in [6.07, 6.45) is -0.154. The molecule has 45 heavy (non-hydrogen) atoms. The van der Waals surface area contributed by atoms with Gasteiger partial charge in [-0.3, -0.25) is 19.5 Å². The van der Waals surface area contributed by atoms with Gasteiger partial charge in [-0.05, 0) is 78.9 Å². The van der Waals surface area contributed by atoms with Gasteiger partial charge in [0, 0.05) is 40.2 Å². The minimum absolute atomic E-state index is 0.242. The highest BCUT2D eigenvalue weighted by Gasteiger charge is 2.42. The largest absolute Gasteiger partial charge is 0.416 e. The number of rotatable bonds is 7. The van der Waals surface area contributed by atoms with Crippen molar-refractivity contribution in [1.82, 2.24) is 4.90 Å². The second-order valence-corrected chi connectivity index (χ2v) is 14.8. The molecule has 5 rings (SSSR count). The molecule has 0 atom stereocenters. The van der Waals surface area contributed by atoms with Gasteiger partial charge in [0.25, 0.3) is 5.91 Å². The van der Waals surface area contributed by atoms with Crippen molar-refractivity contribution >= 4 is 62.9 Å². The zero-order valence-corrected chi connectivity index (χ0v) is 28.1. The highest BCUT2D eigenvalue weighted by atomic mass is 32.2. The molecular weight excluding hydrogens is 618 g/mol. The first-order chi connectivity index (χ1) is 20.9. The molecule has 0 saturated carbocycles. The Morgan fingerprint density at radius 3 is 2.42 bits per heavy atom. The molecule has 1 fully saturated rings. The van der Waals surface area contributed by atoms with Crippen LogP contribution in [0.3, 0.4) is 0 Å². The lowest BCUT2D eigenvalue weighted by molar-refractivity contribution is -0.137. The van der Waals surface area contributed by atoms with E-state index in [1.807, 2.05) is 37.8 Å². The van der Waals surface area contributed by atoms with Crippen LogP contribution in [0.15, 0.2) is 64.1 Å². The molecule has 0 unspecified atom stereocenters. The Morgan fingerprint density at radius 1 is 1.04 bits per heavy atom. The summed E-state index contributed by atoms with van der Waals surface area (Å²) in [7, 11) is 0. The number of alkyl halides is 3. The lowest BCUT2D eigenvalue weighted by Crippen LogP contribution is -2.36. The molecule has 0 bridgehead atoms. The van der Waals surface area contributed by atoms with E-state index in [0.29, 0.717) is 28.6 Å². The maximum Gasteiger partial charge on any atom is 0.416 e. The molecule has 6 nitrogen and oxygen atoms in total. The molecule has 238 valence electrons. The number of thioether (sulfide) groups is 1. The molecule has 0 aliphatic carbocycles. The van der Waals surface area contributed by atoms with Crippen molar-refractivity contribution in [2.45, 2.75) is 71.9 Å². The maximum atomic E-state index is 13.6. The molecule has 2 amide bonds. The number of amides is 2. The van der Waals surface area contributed by atoms with E-state index in [1.54, 1.807) is 18.2 Å². The van der Waals surface area contributed by atoms with E-state index in [2.05, 4.69) is 38.0 Å². The van der Waals surface area contributed by atoms with Crippen LogP contribution in [0, 0.1) is 5.92 Å². The predicted molar refractivity (Wildman–Crippen MR) is 180 cm³/mol. The van der Waals surface area contributed by atoms with Gasteiger partial charge in [-0.2, -0.15) is 13.2 Å². The number of nitrogens with zero attached hydrogens (tertiary/aromatic N) is 3. The van der Waals surface area contributed by atoms with Gasteiger partial charge in [0.2, 0.25) is 5.91 Å². The average molecular weight is 655 g/mol. The van der Waals surface area contributed by atoms with Gasteiger partial charge in [-0.15, -0.1) is 0 Å². The SMILES string of the molecule is CC1=Nc2ccc(NC(=O)CN3C(=O)/C(=C\C=C4/N(CCC(C)C)c5ccc(C(F)(F)F)cc5C4(C)C)SC3=S)cc2C1(C)C. The molecule has 3 aliphatic rings. The van der Waals surface area contributed by atoms with E-state index >= 15 is 0 Å². The molecule has 1 saturated heterocycles. The Kier molecular flexibility index (Phi) is 8.59. The van der Waals surface area contributed by atoms with Gasteiger partial charge >= 0.3 is 6.18 Å². The summed E-state index contributed by atoms with van der Waals surface area (Å²) in [4.78, 5) is 34.7. The quantitative estimate of drug-likeness (QED) is 0.240.